The van der Waals surface area contributed by atoms with Gasteiger partial charge in [-0.2, -0.15) is 0 Å². The lowest BCUT2D eigenvalue weighted by Crippen LogP contribution is -2.47. The van der Waals surface area contributed by atoms with Crippen LogP contribution in [0, 0.1) is 0 Å². The summed E-state index contributed by atoms with van der Waals surface area (Å²) in [6.07, 6.45) is -0.210. The van der Waals surface area contributed by atoms with Crippen LogP contribution in [0.2, 0.25) is 0 Å². The molecule has 3 rings (SSSR count). The Hall–Kier alpha value is -2.63. The first kappa shape index (κ1) is 15.3. The van der Waals surface area contributed by atoms with Crippen LogP contribution in [0.5, 0.6) is 0 Å². The zero-order valence-electron chi connectivity index (χ0n) is 13.2. The maximum Gasteiger partial charge on any atom is 0.338 e. The Morgan fingerprint density at radius 1 is 1.35 bits per heavy atom. The number of anilines is 1. The van der Waals surface area contributed by atoms with Gasteiger partial charge in [0.1, 0.15) is 11.2 Å². The van der Waals surface area contributed by atoms with Crippen molar-refractivity contribution < 1.29 is 23.9 Å². The molecule has 1 unspecified atom stereocenters. The lowest BCUT2D eigenvalue weighted by Gasteiger charge is -2.33. The zero-order chi connectivity index (χ0) is 16.8. The van der Waals surface area contributed by atoms with Gasteiger partial charge >= 0.3 is 11.9 Å². The summed E-state index contributed by atoms with van der Waals surface area (Å²) >= 11 is 0. The molecule has 0 bridgehead atoms. The standard InChI is InChI=1S/C17H17NO5/c1-4-22-15(20)14-10(2)23-13(19)9-17(14)11-7-5-6-8-12(11)18(3)16(17)21/h5-8H,4,9H2,1-3H3. The molecule has 0 aromatic heterocycles. The number of benzene rings is 1. The summed E-state index contributed by atoms with van der Waals surface area (Å²) < 4.78 is 10.2. The molecule has 120 valence electrons. The van der Waals surface area contributed by atoms with Gasteiger partial charge in [-0.05, 0) is 25.5 Å². The van der Waals surface area contributed by atoms with Crippen molar-refractivity contribution in [1.29, 1.82) is 0 Å². The van der Waals surface area contributed by atoms with Gasteiger partial charge in [-0.15, -0.1) is 0 Å². The molecule has 0 N–H and O–H groups in total. The zero-order valence-corrected chi connectivity index (χ0v) is 13.2. The molecule has 23 heavy (non-hydrogen) atoms. The lowest BCUT2D eigenvalue weighted by molar-refractivity contribution is -0.148. The molecule has 0 saturated carbocycles. The number of allylic oxidation sites excluding steroid dienone is 1. The number of fused-ring (bicyclic) bond motifs is 2. The molecule has 2 aliphatic heterocycles. The van der Waals surface area contributed by atoms with Crippen molar-refractivity contribution >= 4 is 23.5 Å². The fraction of sp³-hybridized carbons (Fsp3) is 0.353. The van der Waals surface area contributed by atoms with E-state index in [2.05, 4.69) is 0 Å². The Kier molecular flexibility index (Phi) is 3.47. The average molecular weight is 315 g/mol. The summed E-state index contributed by atoms with van der Waals surface area (Å²) in [7, 11) is 1.63. The van der Waals surface area contributed by atoms with Gasteiger partial charge in [0.25, 0.3) is 0 Å². The van der Waals surface area contributed by atoms with E-state index in [1.54, 1.807) is 32.2 Å². The predicted octanol–water partition coefficient (Wildman–Crippen LogP) is 1.68. The number of nitrogens with zero attached hydrogens (tertiary/aromatic N) is 1. The van der Waals surface area contributed by atoms with Crippen LogP contribution >= 0.6 is 0 Å². The molecule has 2 aliphatic rings. The molecule has 2 heterocycles. The van der Waals surface area contributed by atoms with Crippen LogP contribution in [0.3, 0.4) is 0 Å². The predicted molar refractivity (Wildman–Crippen MR) is 81.6 cm³/mol. The van der Waals surface area contributed by atoms with Crippen LogP contribution < -0.4 is 4.90 Å². The number of ether oxygens (including phenoxy) is 2. The van der Waals surface area contributed by atoms with Gasteiger partial charge in [-0.3, -0.25) is 9.59 Å². The van der Waals surface area contributed by atoms with E-state index in [1.807, 2.05) is 6.07 Å². The molecule has 1 amide bonds. The van der Waals surface area contributed by atoms with Gasteiger partial charge in [0.05, 0.1) is 18.6 Å². The van der Waals surface area contributed by atoms with E-state index in [4.69, 9.17) is 9.47 Å². The molecular weight excluding hydrogens is 298 g/mol. The highest BCUT2D eigenvalue weighted by atomic mass is 16.5. The van der Waals surface area contributed by atoms with Crippen LogP contribution in [0.1, 0.15) is 25.8 Å². The summed E-state index contributed by atoms with van der Waals surface area (Å²) in [6.45, 7) is 3.37. The molecule has 1 atom stereocenters. The fourth-order valence-corrected chi connectivity index (χ4v) is 3.43. The Labute approximate surface area is 133 Å². The van der Waals surface area contributed by atoms with Gasteiger partial charge in [0.2, 0.25) is 5.91 Å². The number of carbonyl (C=O) groups excluding carboxylic acids is 3. The van der Waals surface area contributed by atoms with Gasteiger partial charge in [-0.1, -0.05) is 18.2 Å². The summed E-state index contributed by atoms with van der Waals surface area (Å²) in [5, 5.41) is 0. The number of hydrogen-bond donors (Lipinski definition) is 0. The quantitative estimate of drug-likeness (QED) is 0.777. The molecule has 6 nitrogen and oxygen atoms in total. The molecule has 0 aliphatic carbocycles. The van der Waals surface area contributed by atoms with E-state index in [-0.39, 0.29) is 30.3 Å². The van der Waals surface area contributed by atoms with E-state index in [1.165, 1.54) is 11.8 Å². The van der Waals surface area contributed by atoms with Crippen molar-refractivity contribution in [3.05, 3.63) is 41.2 Å². The van der Waals surface area contributed by atoms with E-state index in [9.17, 15) is 14.4 Å². The Morgan fingerprint density at radius 3 is 2.74 bits per heavy atom. The van der Waals surface area contributed by atoms with Gasteiger partial charge in [-0.25, -0.2) is 4.79 Å². The highest BCUT2D eigenvalue weighted by Gasteiger charge is 2.59. The fourth-order valence-electron chi connectivity index (χ4n) is 3.43. The van der Waals surface area contributed by atoms with Crippen molar-refractivity contribution in [2.45, 2.75) is 25.7 Å². The second kappa shape index (κ2) is 5.22. The third-order valence-corrected chi connectivity index (χ3v) is 4.33. The summed E-state index contributed by atoms with van der Waals surface area (Å²) in [6, 6.07) is 7.15. The highest BCUT2D eigenvalue weighted by molar-refractivity contribution is 6.17. The summed E-state index contributed by atoms with van der Waals surface area (Å²) in [5.41, 5.74) is 0.0610. The third kappa shape index (κ3) is 1.98. The second-order valence-corrected chi connectivity index (χ2v) is 5.59. The largest absolute Gasteiger partial charge is 0.463 e. The van der Waals surface area contributed by atoms with Crippen molar-refractivity contribution in [3.63, 3.8) is 0 Å². The first-order valence-corrected chi connectivity index (χ1v) is 7.40. The van der Waals surface area contributed by atoms with Crippen LogP contribution in [0.15, 0.2) is 35.6 Å². The van der Waals surface area contributed by atoms with Gasteiger partial charge in [0.15, 0.2) is 0 Å². The maximum atomic E-state index is 13.0. The third-order valence-electron chi connectivity index (χ3n) is 4.33. The van der Waals surface area contributed by atoms with E-state index in [0.29, 0.717) is 11.3 Å². The molecule has 1 aromatic rings. The molecule has 0 radical (unpaired) electrons. The monoisotopic (exact) mass is 315 g/mol. The molecule has 0 saturated heterocycles. The minimum atomic E-state index is -1.36. The number of rotatable bonds is 2. The number of para-hydroxylation sites is 1. The Morgan fingerprint density at radius 2 is 2.04 bits per heavy atom. The van der Waals surface area contributed by atoms with Crippen LogP contribution in [0.4, 0.5) is 5.69 Å². The molecule has 6 heteroatoms. The maximum absolute atomic E-state index is 13.0. The van der Waals surface area contributed by atoms with Crippen molar-refractivity contribution in [2.75, 3.05) is 18.6 Å². The van der Waals surface area contributed by atoms with E-state index < -0.39 is 17.4 Å². The van der Waals surface area contributed by atoms with Gasteiger partial charge < -0.3 is 14.4 Å². The molecule has 1 spiro atoms. The van der Waals surface area contributed by atoms with Crippen molar-refractivity contribution in [1.82, 2.24) is 0 Å². The van der Waals surface area contributed by atoms with Crippen molar-refractivity contribution in [2.24, 2.45) is 0 Å². The Bertz CT molecular complexity index is 751. The average Bonchev–Trinajstić information content (AvgIpc) is 2.70. The van der Waals surface area contributed by atoms with Crippen LogP contribution in [-0.2, 0) is 29.3 Å². The lowest BCUT2D eigenvalue weighted by atomic mass is 9.70. The highest BCUT2D eigenvalue weighted by Crippen LogP contribution is 2.51. The van der Waals surface area contributed by atoms with E-state index in [0.717, 1.165) is 0 Å². The molecular formula is C17H17NO5. The smallest absolute Gasteiger partial charge is 0.338 e. The number of hydrogen-bond acceptors (Lipinski definition) is 5. The van der Waals surface area contributed by atoms with Crippen LogP contribution in [0.25, 0.3) is 0 Å². The van der Waals surface area contributed by atoms with E-state index >= 15 is 0 Å². The number of cyclic esters (lactones) is 1. The minimum absolute atomic E-state index is 0.112. The number of amides is 1. The van der Waals surface area contributed by atoms with Crippen LogP contribution in [-0.4, -0.2) is 31.5 Å². The Balaban J connectivity index is 2.30. The summed E-state index contributed by atoms with van der Waals surface area (Å²) in [4.78, 5) is 39.0. The summed E-state index contributed by atoms with van der Waals surface area (Å²) in [5.74, 6) is -1.36. The number of carbonyl (C=O) groups is 3. The minimum Gasteiger partial charge on any atom is -0.463 e. The number of likely N-dealkylation sites (N-methyl/N-ethyl adjacent to an activating group) is 1. The first-order valence-electron chi connectivity index (χ1n) is 7.40. The normalized spacial score (nSPS) is 23.2. The molecule has 0 fully saturated rings. The second-order valence-electron chi connectivity index (χ2n) is 5.59. The SMILES string of the molecule is CCOC(=O)C1=C(C)OC(=O)CC12C(=O)N(C)c1ccccc12. The number of esters is 2. The first-order chi connectivity index (χ1) is 10.9. The van der Waals surface area contributed by atoms with Crippen molar-refractivity contribution in [3.8, 4) is 0 Å². The molecule has 1 aromatic carbocycles. The van der Waals surface area contributed by atoms with Gasteiger partial charge in [0, 0.05) is 12.7 Å². The topological polar surface area (TPSA) is 72.9 Å².